The van der Waals surface area contributed by atoms with Crippen LogP contribution in [0.2, 0.25) is 0 Å². The summed E-state index contributed by atoms with van der Waals surface area (Å²) in [4.78, 5) is 2.43. The molecular weight excluding hydrogens is 244 g/mol. The van der Waals surface area contributed by atoms with Gasteiger partial charge in [-0.3, -0.25) is 0 Å². The minimum atomic E-state index is 0.0500. The van der Waals surface area contributed by atoms with Crippen molar-refractivity contribution in [3.63, 3.8) is 0 Å². The number of rotatable bonds is 7. The van der Waals surface area contributed by atoms with Crippen LogP contribution < -0.4 is 10.6 Å². The topological polar surface area (TPSA) is 29.3 Å². The minimum absolute atomic E-state index is 0.0500. The maximum atomic E-state index is 6.25. The summed E-state index contributed by atoms with van der Waals surface area (Å²) in [6.07, 6.45) is 2.26. The molecule has 1 rings (SSSR count). The van der Waals surface area contributed by atoms with Crippen LogP contribution in [0.3, 0.4) is 0 Å². The molecule has 0 aromatic heterocycles. The van der Waals surface area contributed by atoms with E-state index in [9.17, 15) is 0 Å². The average molecular weight is 276 g/mol. The van der Waals surface area contributed by atoms with Gasteiger partial charge < -0.3 is 10.6 Å². The van der Waals surface area contributed by atoms with Gasteiger partial charge in [-0.25, -0.2) is 0 Å². The first-order valence-electron chi connectivity index (χ1n) is 7.82. The molecule has 0 saturated carbocycles. The second-order valence-electron chi connectivity index (χ2n) is 6.97. The van der Waals surface area contributed by atoms with E-state index in [0.717, 1.165) is 12.8 Å². The summed E-state index contributed by atoms with van der Waals surface area (Å²) < 4.78 is 0. The fourth-order valence-corrected chi connectivity index (χ4v) is 3.38. The maximum absolute atomic E-state index is 6.25. The summed E-state index contributed by atoms with van der Waals surface area (Å²) >= 11 is 0. The van der Waals surface area contributed by atoms with Gasteiger partial charge in [0, 0.05) is 19.3 Å². The van der Waals surface area contributed by atoms with Crippen LogP contribution in [0.15, 0.2) is 24.3 Å². The third-order valence-electron chi connectivity index (χ3n) is 4.14. The monoisotopic (exact) mass is 276 g/mol. The molecule has 0 radical (unpaired) electrons. The van der Waals surface area contributed by atoms with Crippen LogP contribution in [-0.4, -0.2) is 19.1 Å². The van der Waals surface area contributed by atoms with Crippen molar-refractivity contribution in [1.29, 1.82) is 0 Å². The van der Waals surface area contributed by atoms with Gasteiger partial charge in [-0.05, 0) is 43.2 Å². The predicted octanol–water partition coefficient (Wildman–Crippen LogP) is 4.22. The van der Waals surface area contributed by atoms with Crippen LogP contribution in [-0.2, 0) is 0 Å². The normalized spacial score (nSPS) is 12.2. The van der Waals surface area contributed by atoms with E-state index in [-0.39, 0.29) is 5.54 Å². The molecule has 2 N–H and O–H groups in total. The van der Waals surface area contributed by atoms with Crippen molar-refractivity contribution in [2.75, 3.05) is 18.5 Å². The fourth-order valence-electron chi connectivity index (χ4n) is 3.38. The van der Waals surface area contributed by atoms with Gasteiger partial charge in [0.2, 0.25) is 0 Å². The Labute approximate surface area is 125 Å². The standard InChI is InChI=1S/C18H32N2/c1-14(2)11-18(13-19,12-15(3)4)20(6)17-10-8-7-9-16(17)5/h7-10,14-15H,11-13,19H2,1-6H3. The predicted molar refractivity (Wildman–Crippen MR) is 90.3 cm³/mol. The quantitative estimate of drug-likeness (QED) is 0.808. The molecule has 1 aromatic carbocycles. The van der Waals surface area contributed by atoms with E-state index in [0.29, 0.717) is 18.4 Å². The van der Waals surface area contributed by atoms with Crippen LogP contribution in [0.4, 0.5) is 5.69 Å². The lowest BCUT2D eigenvalue weighted by molar-refractivity contribution is 0.280. The highest BCUT2D eigenvalue weighted by Gasteiger charge is 2.35. The molecule has 2 heteroatoms. The van der Waals surface area contributed by atoms with Crippen molar-refractivity contribution < 1.29 is 0 Å². The molecule has 0 aliphatic heterocycles. The van der Waals surface area contributed by atoms with Crippen LogP contribution in [0.25, 0.3) is 0 Å². The van der Waals surface area contributed by atoms with E-state index in [1.54, 1.807) is 0 Å². The molecule has 2 nitrogen and oxygen atoms in total. The molecule has 0 unspecified atom stereocenters. The summed E-state index contributed by atoms with van der Waals surface area (Å²) in [7, 11) is 2.21. The number of para-hydroxylation sites is 1. The van der Waals surface area contributed by atoms with Crippen molar-refractivity contribution in [3.05, 3.63) is 29.8 Å². The van der Waals surface area contributed by atoms with Gasteiger partial charge in [-0.2, -0.15) is 0 Å². The molecule has 0 bridgehead atoms. The Kier molecular flexibility index (Phi) is 6.07. The Morgan fingerprint density at radius 3 is 1.95 bits per heavy atom. The zero-order valence-corrected chi connectivity index (χ0v) is 14.1. The highest BCUT2D eigenvalue weighted by molar-refractivity contribution is 5.54. The van der Waals surface area contributed by atoms with Gasteiger partial charge in [0.05, 0.1) is 5.54 Å². The van der Waals surface area contributed by atoms with Crippen LogP contribution in [0.1, 0.15) is 46.1 Å². The average Bonchev–Trinajstić information content (AvgIpc) is 2.36. The molecule has 0 saturated heterocycles. The smallest absolute Gasteiger partial charge is 0.0525 e. The zero-order chi connectivity index (χ0) is 15.3. The Morgan fingerprint density at radius 2 is 1.55 bits per heavy atom. The number of nitrogens with two attached hydrogens (primary N) is 1. The van der Waals surface area contributed by atoms with Crippen LogP contribution in [0.5, 0.6) is 0 Å². The Bertz CT molecular complexity index is 400. The highest BCUT2D eigenvalue weighted by Crippen LogP contribution is 2.34. The van der Waals surface area contributed by atoms with Gasteiger partial charge in [-0.15, -0.1) is 0 Å². The lowest BCUT2D eigenvalue weighted by Crippen LogP contribution is -2.54. The minimum Gasteiger partial charge on any atom is -0.367 e. The lowest BCUT2D eigenvalue weighted by atomic mass is 9.80. The van der Waals surface area contributed by atoms with Crippen molar-refractivity contribution in [1.82, 2.24) is 0 Å². The molecule has 20 heavy (non-hydrogen) atoms. The summed E-state index contributed by atoms with van der Waals surface area (Å²) in [5.74, 6) is 1.28. The summed E-state index contributed by atoms with van der Waals surface area (Å²) in [6, 6.07) is 8.60. The lowest BCUT2D eigenvalue weighted by Gasteiger charge is -2.45. The van der Waals surface area contributed by atoms with E-state index in [2.05, 4.69) is 70.8 Å². The fraction of sp³-hybridized carbons (Fsp3) is 0.667. The number of nitrogens with zero attached hydrogens (tertiary/aromatic N) is 1. The molecule has 114 valence electrons. The highest BCUT2D eigenvalue weighted by atomic mass is 15.2. The molecule has 0 aliphatic carbocycles. The van der Waals surface area contributed by atoms with Crippen molar-refractivity contribution >= 4 is 5.69 Å². The number of likely N-dealkylation sites (N-methyl/N-ethyl adjacent to an activating group) is 1. The maximum Gasteiger partial charge on any atom is 0.0525 e. The second-order valence-corrected chi connectivity index (χ2v) is 6.97. The SMILES string of the molecule is Cc1ccccc1N(C)C(CN)(CC(C)C)CC(C)C. The number of hydrogen-bond donors (Lipinski definition) is 1. The third-order valence-corrected chi connectivity index (χ3v) is 4.14. The van der Waals surface area contributed by atoms with Crippen molar-refractivity contribution in [2.45, 2.75) is 53.0 Å². The van der Waals surface area contributed by atoms with E-state index < -0.39 is 0 Å². The van der Waals surface area contributed by atoms with Gasteiger partial charge in [0.15, 0.2) is 0 Å². The first kappa shape index (κ1) is 17.0. The summed E-state index contributed by atoms with van der Waals surface area (Å²) in [5, 5.41) is 0. The second kappa shape index (κ2) is 7.12. The van der Waals surface area contributed by atoms with Crippen LogP contribution in [0, 0.1) is 18.8 Å². The van der Waals surface area contributed by atoms with Crippen molar-refractivity contribution in [2.24, 2.45) is 17.6 Å². The molecule has 0 atom stereocenters. The number of benzene rings is 1. The molecule has 1 aromatic rings. The number of hydrogen-bond acceptors (Lipinski definition) is 2. The summed E-state index contributed by atoms with van der Waals surface area (Å²) in [6.45, 7) is 12.0. The molecule has 0 heterocycles. The molecular formula is C18H32N2. The van der Waals surface area contributed by atoms with E-state index in [4.69, 9.17) is 5.73 Å². The Hall–Kier alpha value is -1.02. The molecule has 0 spiro atoms. The van der Waals surface area contributed by atoms with Gasteiger partial charge >= 0.3 is 0 Å². The van der Waals surface area contributed by atoms with Gasteiger partial charge in [-0.1, -0.05) is 45.9 Å². The molecule has 0 fully saturated rings. The van der Waals surface area contributed by atoms with Gasteiger partial charge in [0.1, 0.15) is 0 Å². The van der Waals surface area contributed by atoms with Crippen LogP contribution >= 0.6 is 0 Å². The van der Waals surface area contributed by atoms with E-state index in [1.165, 1.54) is 11.3 Å². The zero-order valence-electron chi connectivity index (χ0n) is 14.1. The largest absolute Gasteiger partial charge is 0.367 e. The van der Waals surface area contributed by atoms with E-state index in [1.807, 2.05) is 0 Å². The Morgan fingerprint density at radius 1 is 1.05 bits per heavy atom. The number of aryl methyl sites for hydroxylation is 1. The number of anilines is 1. The van der Waals surface area contributed by atoms with Gasteiger partial charge in [0.25, 0.3) is 0 Å². The molecule has 0 amide bonds. The Balaban J connectivity index is 3.17. The molecule has 0 aliphatic rings. The van der Waals surface area contributed by atoms with E-state index >= 15 is 0 Å². The first-order valence-corrected chi connectivity index (χ1v) is 7.82. The first-order chi connectivity index (χ1) is 9.32. The van der Waals surface area contributed by atoms with Crippen molar-refractivity contribution in [3.8, 4) is 0 Å². The summed E-state index contributed by atoms with van der Waals surface area (Å²) in [5.41, 5.74) is 8.93. The third kappa shape index (κ3) is 3.99.